The maximum atomic E-state index is 12.2. The fourth-order valence-corrected chi connectivity index (χ4v) is 3.78. The van der Waals surface area contributed by atoms with Gasteiger partial charge in [-0.1, -0.05) is 13.3 Å². The van der Waals surface area contributed by atoms with E-state index in [-0.39, 0.29) is 36.2 Å². The Kier molecular flexibility index (Phi) is 6.09. The molecule has 0 spiro atoms. The molecular formula is C17H32N2O3. The lowest BCUT2D eigenvalue weighted by atomic mass is 9.86. The van der Waals surface area contributed by atoms with Crippen molar-refractivity contribution in [2.24, 2.45) is 5.41 Å². The molecule has 2 atom stereocenters. The predicted octanol–water partition coefficient (Wildman–Crippen LogP) is 2.57. The monoisotopic (exact) mass is 312 g/mol. The van der Waals surface area contributed by atoms with Crippen molar-refractivity contribution in [3.8, 4) is 0 Å². The molecule has 2 unspecified atom stereocenters. The molecule has 0 saturated heterocycles. The molecule has 0 bridgehead atoms. The van der Waals surface area contributed by atoms with Gasteiger partial charge in [0.15, 0.2) is 0 Å². The molecule has 2 fully saturated rings. The van der Waals surface area contributed by atoms with Crippen LogP contribution in [0.1, 0.15) is 65.7 Å². The SMILES string of the molecule is CC(C)OC1CCC(NC(=O)NC2CCCC2(C)CO)CC1. The number of hydrogen-bond donors (Lipinski definition) is 3. The van der Waals surface area contributed by atoms with E-state index >= 15 is 0 Å². The molecule has 5 heteroatoms. The number of nitrogens with one attached hydrogen (secondary N) is 2. The fraction of sp³-hybridized carbons (Fsp3) is 0.941. The van der Waals surface area contributed by atoms with Crippen LogP contribution >= 0.6 is 0 Å². The van der Waals surface area contributed by atoms with Gasteiger partial charge in [0.1, 0.15) is 0 Å². The van der Waals surface area contributed by atoms with Gasteiger partial charge < -0.3 is 20.5 Å². The van der Waals surface area contributed by atoms with E-state index in [1.165, 1.54) is 0 Å². The van der Waals surface area contributed by atoms with Gasteiger partial charge in [-0.05, 0) is 52.4 Å². The van der Waals surface area contributed by atoms with Crippen molar-refractivity contribution in [3.63, 3.8) is 0 Å². The smallest absolute Gasteiger partial charge is 0.315 e. The molecule has 3 N–H and O–H groups in total. The van der Waals surface area contributed by atoms with Crippen molar-refractivity contribution in [1.82, 2.24) is 10.6 Å². The Morgan fingerprint density at radius 2 is 1.91 bits per heavy atom. The molecule has 2 amide bonds. The average Bonchev–Trinajstić information content (AvgIpc) is 2.82. The number of aliphatic hydroxyl groups excluding tert-OH is 1. The summed E-state index contributed by atoms with van der Waals surface area (Å²) in [5.74, 6) is 0. The van der Waals surface area contributed by atoms with Gasteiger partial charge in [-0.15, -0.1) is 0 Å². The topological polar surface area (TPSA) is 70.6 Å². The summed E-state index contributed by atoms with van der Waals surface area (Å²) in [4.78, 5) is 12.2. The average molecular weight is 312 g/mol. The Morgan fingerprint density at radius 3 is 2.50 bits per heavy atom. The van der Waals surface area contributed by atoms with E-state index in [0.717, 1.165) is 44.9 Å². The standard InChI is InChI=1S/C17H32N2O3/c1-12(2)22-14-8-6-13(7-9-14)18-16(21)19-15-5-4-10-17(15,3)11-20/h12-15,20H,4-11H2,1-3H3,(H2,18,19,21). The van der Waals surface area contributed by atoms with Gasteiger partial charge in [-0.2, -0.15) is 0 Å². The number of rotatable bonds is 5. The summed E-state index contributed by atoms with van der Waals surface area (Å²) in [6, 6.07) is 0.242. The largest absolute Gasteiger partial charge is 0.396 e. The first-order chi connectivity index (χ1) is 10.4. The molecule has 22 heavy (non-hydrogen) atoms. The summed E-state index contributed by atoms with van der Waals surface area (Å²) in [6.45, 7) is 6.32. The Hall–Kier alpha value is -0.810. The number of hydrogen-bond acceptors (Lipinski definition) is 3. The summed E-state index contributed by atoms with van der Waals surface area (Å²) in [5, 5.41) is 15.7. The van der Waals surface area contributed by atoms with E-state index in [4.69, 9.17) is 4.74 Å². The Balaban J connectivity index is 1.72. The summed E-state index contributed by atoms with van der Waals surface area (Å²) in [6.07, 6.45) is 7.61. The van der Waals surface area contributed by atoms with Crippen molar-refractivity contribution in [3.05, 3.63) is 0 Å². The van der Waals surface area contributed by atoms with Crippen LogP contribution in [0.15, 0.2) is 0 Å². The second-order valence-corrected chi connectivity index (χ2v) is 7.53. The molecule has 0 radical (unpaired) electrons. The van der Waals surface area contributed by atoms with Crippen LogP contribution in [0.3, 0.4) is 0 Å². The van der Waals surface area contributed by atoms with Gasteiger partial charge in [-0.3, -0.25) is 0 Å². The first-order valence-electron chi connectivity index (χ1n) is 8.76. The van der Waals surface area contributed by atoms with Crippen molar-refractivity contribution in [1.29, 1.82) is 0 Å². The highest BCUT2D eigenvalue weighted by molar-refractivity contribution is 5.74. The molecule has 0 aliphatic heterocycles. The lowest BCUT2D eigenvalue weighted by molar-refractivity contribution is -0.0156. The minimum absolute atomic E-state index is 0.0816. The number of urea groups is 1. The van der Waals surface area contributed by atoms with E-state index < -0.39 is 0 Å². The normalized spacial score (nSPS) is 35.6. The summed E-state index contributed by atoms with van der Waals surface area (Å²) in [7, 11) is 0. The van der Waals surface area contributed by atoms with Crippen molar-refractivity contribution >= 4 is 6.03 Å². The molecular weight excluding hydrogens is 280 g/mol. The highest BCUT2D eigenvalue weighted by Crippen LogP contribution is 2.37. The molecule has 0 aromatic rings. The third kappa shape index (κ3) is 4.59. The molecule has 2 rings (SSSR count). The summed E-state index contributed by atoms with van der Waals surface area (Å²) >= 11 is 0. The zero-order chi connectivity index (χ0) is 16.2. The van der Waals surface area contributed by atoms with E-state index in [1.807, 2.05) is 0 Å². The third-order valence-corrected chi connectivity index (χ3v) is 5.22. The number of ether oxygens (including phenoxy) is 1. The molecule has 2 aliphatic carbocycles. The van der Waals surface area contributed by atoms with Gasteiger partial charge in [0.05, 0.1) is 18.8 Å². The van der Waals surface area contributed by atoms with Crippen molar-refractivity contribution in [2.45, 2.75) is 90.0 Å². The minimum Gasteiger partial charge on any atom is -0.396 e. The predicted molar refractivity (Wildman–Crippen MR) is 86.8 cm³/mol. The van der Waals surface area contributed by atoms with Crippen LogP contribution in [0, 0.1) is 5.41 Å². The first kappa shape index (κ1) is 17.5. The fourth-order valence-electron chi connectivity index (χ4n) is 3.78. The molecule has 2 saturated carbocycles. The van der Waals surface area contributed by atoms with Crippen LogP contribution in [-0.2, 0) is 4.74 Å². The molecule has 2 aliphatic rings. The van der Waals surface area contributed by atoms with Crippen LogP contribution < -0.4 is 10.6 Å². The first-order valence-corrected chi connectivity index (χ1v) is 8.76. The van der Waals surface area contributed by atoms with Crippen LogP contribution in [0.2, 0.25) is 0 Å². The molecule has 0 aromatic carbocycles. The lowest BCUT2D eigenvalue weighted by Crippen LogP contribution is -2.51. The highest BCUT2D eigenvalue weighted by atomic mass is 16.5. The van der Waals surface area contributed by atoms with E-state index in [2.05, 4.69) is 31.4 Å². The molecule has 0 heterocycles. The second kappa shape index (κ2) is 7.64. The van der Waals surface area contributed by atoms with Crippen LogP contribution in [0.5, 0.6) is 0 Å². The number of carbonyl (C=O) groups excluding carboxylic acids is 1. The van der Waals surface area contributed by atoms with Gasteiger partial charge in [0.25, 0.3) is 0 Å². The highest BCUT2D eigenvalue weighted by Gasteiger charge is 2.39. The molecule has 0 aromatic heterocycles. The number of amides is 2. The second-order valence-electron chi connectivity index (χ2n) is 7.53. The van der Waals surface area contributed by atoms with Gasteiger partial charge in [0, 0.05) is 17.5 Å². The minimum atomic E-state index is -0.167. The van der Waals surface area contributed by atoms with Crippen LogP contribution in [0.4, 0.5) is 4.79 Å². The maximum Gasteiger partial charge on any atom is 0.315 e. The van der Waals surface area contributed by atoms with Crippen LogP contribution in [-0.4, -0.2) is 42.0 Å². The summed E-state index contributed by atoms with van der Waals surface area (Å²) < 4.78 is 5.84. The third-order valence-electron chi connectivity index (χ3n) is 5.22. The van der Waals surface area contributed by atoms with Crippen molar-refractivity contribution in [2.75, 3.05) is 6.61 Å². The number of aliphatic hydroxyl groups is 1. The van der Waals surface area contributed by atoms with Gasteiger partial charge in [-0.25, -0.2) is 4.79 Å². The lowest BCUT2D eigenvalue weighted by Gasteiger charge is -2.33. The number of carbonyl (C=O) groups is 1. The van der Waals surface area contributed by atoms with Crippen LogP contribution in [0.25, 0.3) is 0 Å². The van der Waals surface area contributed by atoms with E-state index in [1.54, 1.807) is 0 Å². The summed E-state index contributed by atoms with van der Waals surface area (Å²) in [5.41, 5.74) is -0.167. The zero-order valence-corrected chi connectivity index (χ0v) is 14.2. The quantitative estimate of drug-likeness (QED) is 0.731. The van der Waals surface area contributed by atoms with E-state index in [0.29, 0.717) is 6.10 Å². The van der Waals surface area contributed by atoms with Crippen molar-refractivity contribution < 1.29 is 14.6 Å². The van der Waals surface area contributed by atoms with Gasteiger partial charge in [0.2, 0.25) is 0 Å². The Morgan fingerprint density at radius 1 is 1.23 bits per heavy atom. The molecule has 5 nitrogen and oxygen atoms in total. The maximum absolute atomic E-state index is 12.2. The van der Waals surface area contributed by atoms with E-state index in [9.17, 15) is 9.90 Å². The zero-order valence-electron chi connectivity index (χ0n) is 14.2. The Bertz CT molecular complexity index is 367. The Labute approximate surface area is 134 Å². The molecule has 128 valence electrons. The van der Waals surface area contributed by atoms with Gasteiger partial charge >= 0.3 is 6.03 Å².